The first kappa shape index (κ1) is 21.6. The molecule has 1 aliphatic heterocycles. The summed E-state index contributed by atoms with van der Waals surface area (Å²) in [4.78, 5) is 19.0. The molecule has 1 aliphatic rings. The van der Waals surface area contributed by atoms with E-state index in [2.05, 4.69) is 59.4 Å². The maximum absolute atomic E-state index is 11.1. The number of oxime groups is 1. The molecule has 5 nitrogen and oxygen atoms in total. The zero-order valence-electron chi connectivity index (χ0n) is 18.3. The summed E-state index contributed by atoms with van der Waals surface area (Å²) < 4.78 is 0. The Morgan fingerprint density at radius 2 is 1.75 bits per heavy atom. The van der Waals surface area contributed by atoms with Crippen LogP contribution < -0.4 is 4.90 Å². The number of anilines is 1. The first-order valence-electron chi connectivity index (χ1n) is 11.1. The van der Waals surface area contributed by atoms with Crippen molar-refractivity contribution in [3.05, 3.63) is 89.5 Å². The van der Waals surface area contributed by atoms with Gasteiger partial charge in [-0.2, -0.15) is 0 Å². The maximum atomic E-state index is 11.1. The quantitative estimate of drug-likeness (QED) is 0.290. The molecular weight excluding hydrogens is 400 g/mol. The summed E-state index contributed by atoms with van der Waals surface area (Å²) in [6, 6.07) is 24.6. The number of carbonyl (C=O) groups is 1. The van der Waals surface area contributed by atoms with Gasteiger partial charge in [-0.15, -0.1) is 0 Å². The molecular formula is C27H28N2O3. The van der Waals surface area contributed by atoms with Crippen LogP contribution in [0.5, 0.6) is 0 Å². The lowest BCUT2D eigenvalue weighted by Crippen LogP contribution is -2.24. The van der Waals surface area contributed by atoms with Gasteiger partial charge < -0.3 is 14.8 Å². The zero-order chi connectivity index (χ0) is 22.3. The summed E-state index contributed by atoms with van der Waals surface area (Å²) in [5.41, 5.74) is 7.54. The van der Waals surface area contributed by atoms with Crippen LogP contribution in [0.2, 0.25) is 0 Å². The van der Waals surface area contributed by atoms with E-state index in [9.17, 15) is 4.79 Å². The smallest absolute Gasteiger partial charge is 0.307 e. The van der Waals surface area contributed by atoms with Crippen molar-refractivity contribution in [1.82, 2.24) is 0 Å². The lowest BCUT2D eigenvalue weighted by atomic mass is 10.0. The largest absolute Gasteiger partial charge is 0.481 e. The highest BCUT2D eigenvalue weighted by atomic mass is 16.6. The van der Waals surface area contributed by atoms with E-state index in [0.29, 0.717) is 6.61 Å². The lowest BCUT2D eigenvalue weighted by molar-refractivity contribution is -0.136. The molecule has 3 aromatic carbocycles. The molecule has 0 aliphatic carbocycles. The normalized spacial score (nSPS) is 13.2. The van der Waals surface area contributed by atoms with Crippen LogP contribution >= 0.6 is 0 Å². The van der Waals surface area contributed by atoms with E-state index in [1.54, 1.807) is 0 Å². The van der Waals surface area contributed by atoms with Crippen LogP contribution in [0, 0.1) is 0 Å². The molecule has 164 valence electrons. The second-order valence-corrected chi connectivity index (χ2v) is 7.89. The van der Waals surface area contributed by atoms with Crippen molar-refractivity contribution >= 4 is 17.4 Å². The fourth-order valence-corrected chi connectivity index (χ4v) is 4.22. The van der Waals surface area contributed by atoms with Crippen LogP contribution in [0.1, 0.15) is 30.0 Å². The summed E-state index contributed by atoms with van der Waals surface area (Å²) in [5, 5.41) is 13.5. The van der Waals surface area contributed by atoms with E-state index in [-0.39, 0.29) is 6.42 Å². The molecule has 0 radical (unpaired) electrons. The Morgan fingerprint density at radius 1 is 1.00 bits per heavy atom. The second kappa shape index (κ2) is 10.1. The lowest BCUT2D eigenvalue weighted by Gasteiger charge is -2.19. The molecule has 0 spiro atoms. The van der Waals surface area contributed by atoms with E-state index in [1.165, 1.54) is 11.1 Å². The van der Waals surface area contributed by atoms with Crippen LogP contribution in [0.15, 0.2) is 78.0 Å². The minimum atomic E-state index is -0.793. The highest BCUT2D eigenvalue weighted by molar-refractivity contribution is 6.00. The third-order valence-electron chi connectivity index (χ3n) is 5.85. The number of carboxylic acid groups (broad SMARTS) is 1. The topological polar surface area (TPSA) is 62.1 Å². The summed E-state index contributed by atoms with van der Waals surface area (Å²) in [7, 11) is 0. The second-order valence-electron chi connectivity index (χ2n) is 7.89. The SMILES string of the molecule is CC/C(=N\OCCN1CCc2c(CC(=O)O)cccc21)c1ccc(-c2ccccc2)cc1. The van der Waals surface area contributed by atoms with Crippen molar-refractivity contribution in [3.63, 3.8) is 0 Å². The van der Waals surface area contributed by atoms with Crippen LogP contribution in [-0.2, 0) is 22.5 Å². The van der Waals surface area contributed by atoms with E-state index < -0.39 is 5.97 Å². The van der Waals surface area contributed by atoms with Gasteiger partial charge in [0.1, 0.15) is 6.61 Å². The maximum Gasteiger partial charge on any atom is 0.307 e. The van der Waals surface area contributed by atoms with Gasteiger partial charge in [0.15, 0.2) is 0 Å². The average molecular weight is 429 g/mol. The molecule has 1 N–H and O–H groups in total. The molecule has 0 aromatic heterocycles. The van der Waals surface area contributed by atoms with Gasteiger partial charge in [-0.1, -0.05) is 78.8 Å². The number of fused-ring (bicyclic) bond motifs is 1. The van der Waals surface area contributed by atoms with Gasteiger partial charge >= 0.3 is 5.97 Å². The van der Waals surface area contributed by atoms with E-state index in [4.69, 9.17) is 9.94 Å². The van der Waals surface area contributed by atoms with Crippen molar-refractivity contribution < 1.29 is 14.7 Å². The van der Waals surface area contributed by atoms with Crippen molar-refractivity contribution in [2.75, 3.05) is 24.6 Å². The van der Waals surface area contributed by atoms with Crippen molar-refractivity contribution in [3.8, 4) is 11.1 Å². The van der Waals surface area contributed by atoms with Crippen molar-refractivity contribution in [2.45, 2.75) is 26.2 Å². The number of benzene rings is 3. The molecule has 3 aromatic rings. The molecule has 1 heterocycles. The summed E-state index contributed by atoms with van der Waals surface area (Å²) in [5.74, 6) is -0.793. The Bertz CT molecular complexity index is 1090. The summed E-state index contributed by atoms with van der Waals surface area (Å²) in [6.45, 7) is 4.15. The van der Waals surface area contributed by atoms with Gasteiger partial charge in [-0.3, -0.25) is 4.79 Å². The van der Waals surface area contributed by atoms with E-state index in [1.807, 2.05) is 30.3 Å². The van der Waals surface area contributed by atoms with E-state index >= 15 is 0 Å². The van der Waals surface area contributed by atoms with Gasteiger partial charge in [0.2, 0.25) is 0 Å². The average Bonchev–Trinajstić information content (AvgIpc) is 3.24. The van der Waals surface area contributed by atoms with Crippen molar-refractivity contribution in [2.24, 2.45) is 5.16 Å². The summed E-state index contributed by atoms with van der Waals surface area (Å²) in [6.07, 6.45) is 1.73. The molecule has 0 fully saturated rings. The molecule has 4 rings (SSSR count). The van der Waals surface area contributed by atoms with Gasteiger partial charge in [0, 0.05) is 12.2 Å². The Morgan fingerprint density at radius 3 is 2.47 bits per heavy atom. The fourth-order valence-electron chi connectivity index (χ4n) is 4.22. The monoisotopic (exact) mass is 428 g/mol. The molecule has 5 heteroatoms. The number of hydrogen-bond acceptors (Lipinski definition) is 4. The fraction of sp³-hybridized carbons (Fsp3) is 0.259. The van der Waals surface area contributed by atoms with Crippen LogP contribution in [0.4, 0.5) is 5.69 Å². The number of carboxylic acids is 1. The molecule has 0 unspecified atom stereocenters. The number of nitrogens with zero attached hydrogens (tertiary/aromatic N) is 2. The minimum Gasteiger partial charge on any atom is -0.481 e. The third-order valence-corrected chi connectivity index (χ3v) is 5.85. The Balaban J connectivity index is 1.36. The van der Waals surface area contributed by atoms with Gasteiger partial charge in [0.25, 0.3) is 0 Å². The Labute approximate surface area is 189 Å². The Hall–Kier alpha value is -3.60. The molecule has 0 atom stereocenters. The predicted octanol–water partition coefficient (Wildman–Crippen LogP) is 5.17. The van der Waals surface area contributed by atoms with Crippen LogP contribution in [0.3, 0.4) is 0 Å². The molecule has 0 saturated heterocycles. The van der Waals surface area contributed by atoms with E-state index in [0.717, 1.165) is 54.0 Å². The van der Waals surface area contributed by atoms with Crippen LogP contribution in [0.25, 0.3) is 11.1 Å². The number of hydrogen-bond donors (Lipinski definition) is 1. The number of aliphatic carboxylic acids is 1. The summed E-state index contributed by atoms with van der Waals surface area (Å²) >= 11 is 0. The van der Waals surface area contributed by atoms with Gasteiger partial charge in [-0.05, 0) is 46.7 Å². The molecule has 0 saturated carbocycles. The highest BCUT2D eigenvalue weighted by Crippen LogP contribution is 2.30. The van der Waals surface area contributed by atoms with Gasteiger partial charge in [-0.25, -0.2) is 0 Å². The predicted molar refractivity (Wildman–Crippen MR) is 128 cm³/mol. The van der Waals surface area contributed by atoms with Crippen molar-refractivity contribution in [1.29, 1.82) is 0 Å². The van der Waals surface area contributed by atoms with Gasteiger partial charge in [0.05, 0.1) is 18.7 Å². The molecule has 0 bridgehead atoms. The first-order valence-corrected chi connectivity index (χ1v) is 11.1. The molecule has 0 amide bonds. The number of rotatable bonds is 9. The first-order chi connectivity index (χ1) is 15.7. The zero-order valence-corrected chi connectivity index (χ0v) is 18.3. The highest BCUT2D eigenvalue weighted by Gasteiger charge is 2.22. The molecule has 32 heavy (non-hydrogen) atoms. The third kappa shape index (κ3) is 4.99. The minimum absolute atomic E-state index is 0.0702. The van der Waals surface area contributed by atoms with Crippen LogP contribution in [-0.4, -0.2) is 36.5 Å². The Kier molecular flexibility index (Phi) is 6.85. The standard InChI is InChI=1S/C27H28N2O3/c1-2-25(22-13-11-21(12-14-22)20-7-4-3-5-8-20)28-32-18-17-29-16-15-24-23(19-27(30)31)9-6-10-26(24)29/h3-14H,2,15-19H2,1H3,(H,30,31)/b28-25+.